The predicted molar refractivity (Wildman–Crippen MR) is 70.9 cm³/mol. The first-order valence-corrected chi connectivity index (χ1v) is 6.46. The monoisotopic (exact) mass is 251 g/mol. The minimum absolute atomic E-state index is 0.107. The number of aromatic nitrogens is 2. The number of nitrogens with zero attached hydrogens (tertiary/aromatic N) is 2. The van der Waals surface area contributed by atoms with E-state index in [9.17, 15) is 9.90 Å². The van der Waals surface area contributed by atoms with Gasteiger partial charge in [-0.3, -0.25) is 4.79 Å². The van der Waals surface area contributed by atoms with Crippen LogP contribution in [0.5, 0.6) is 0 Å². The average molecular weight is 251 g/mol. The topological polar surface area (TPSA) is 69.2 Å². The number of nitrogens with one attached hydrogen (secondary N) is 1. The molecule has 2 rings (SSSR count). The van der Waals surface area contributed by atoms with Crippen molar-refractivity contribution in [2.24, 2.45) is 5.92 Å². The Morgan fingerprint density at radius 2 is 2.22 bits per heavy atom. The number of H-pyrrole nitrogens is 1. The third-order valence-corrected chi connectivity index (χ3v) is 3.43. The zero-order valence-corrected chi connectivity index (χ0v) is 11.2. The summed E-state index contributed by atoms with van der Waals surface area (Å²) in [6, 6.07) is 1.53. The Bertz CT molecular complexity index is 464. The highest BCUT2D eigenvalue weighted by Gasteiger charge is 2.28. The summed E-state index contributed by atoms with van der Waals surface area (Å²) in [5.41, 5.74) is -0.107. The summed E-state index contributed by atoms with van der Waals surface area (Å²) in [5.74, 6) is 2.15. The van der Waals surface area contributed by atoms with Gasteiger partial charge in [0, 0.05) is 25.6 Å². The number of rotatable bonds is 4. The summed E-state index contributed by atoms with van der Waals surface area (Å²) in [7, 11) is 1.94. The van der Waals surface area contributed by atoms with Crippen LogP contribution < -0.4 is 10.5 Å². The van der Waals surface area contributed by atoms with Gasteiger partial charge in [0.1, 0.15) is 11.6 Å². The summed E-state index contributed by atoms with van der Waals surface area (Å²) in [4.78, 5) is 20.8. The standard InChI is InChI=1S/C13H21N3O2/c1-8(2)13-14-11(6-12(18)15-13)16(3)7-9-4-10(17)5-9/h6,8-10,17H,4-5,7H2,1-3H3,(H,14,15,18). The molecule has 2 N–H and O–H groups in total. The van der Waals surface area contributed by atoms with Crippen LogP contribution in [-0.4, -0.2) is 34.8 Å². The van der Waals surface area contributed by atoms with E-state index in [0.29, 0.717) is 11.7 Å². The van der Waals surface area contributed by atoms with Gasteiger partial charge in [-0.25, -0.2) is 4.98 Å². The van der Waals surface area contributed by atoms with Gasteiger partial charge in [0.05, 0.1) is 6.10 Å². The number of hydrogen-bond donors (Lipinski definition) is 2. The van der Waals surface area contributed by atoms with Gasteiger partial charge >= 0.3 is 0 Å². The molecule has 0 unspecified atom stereocenters. The molecule has 1 saturated carbocycles. The van der Waals surface area contributed by atoms with Gasteiger partial charge < -0.3 is 15.0 Å². The molecule has 1 aliphatic carbocycles. The van der Waals surface area contributed by atoms with Crippen molar-refractivity contribution < 1.29 is 5.11 Å². The fourth-order valence-electron chi connectivity index (χ4n) is 2.26. The van der Waals surface area contributed by atoms with Crippen LogP contribution in [0.3, 0.4) is 0 Å². The van der Waals surface area contributed by atoms with Crippen molar-refractivity contribution in [1.29, 1.82) is 0 Å². The van der Waals surface area contributed by atoms with E-state index in [1.54, 1.807) is 0 Å². The number of hydrogen-bond acceptors (Lipinski definition) is 4. The highest BCUT2D eigenvalue weighted by molar-refractivity contribution is 5.36. The fourth-order valence-corrected chi connectivity index (χ4v) is 2.26. The number of aromatic amines is 1. The molecule has 18 heavy (non-hydrogen) atoms. The lowest BCUT2D eigenvalue weighted by molar-refractivity contribution is 0.0464. The Kier molecular flexibility index (Phi) is 3.71. The summed E-state index contributed by atoms with van der Waals surface area (Å²) in [6.07, 6.45) is 1.57. The summed E-state index contributed by atoms with van der Waals surface area (Å²) in [5, 5.41) is 9.27. The van der Waals surface area contributed by atoms with Crippen molar-refractivity contribution in [3.8, 4) is 0 Å². The molecule has 1 aliphatic rings. The van der Waals surface area contributed by atoms with E-state index in [-0.39, 0.29) is 17.6 Å². The van der Waals surface area contributed by atoms with Crippen molar-refractivity contribution in [3.63, 3.8) is 0 Å². The fraction of sp³-hybridized carbons (Fsp3) is 0.692. The van der Waals surface area contributed by atoms with E-state index >= 15 is 0 Å². The van der Waals surface area contributed by atoms with Crippen molar-refractivity contribution >= 4 is 5.82 Å². The Balaban J connectivity index is 2.09. The zero-order valence-electron chi connectivity index (χ0n) is 11.2. The molecule has 0 saturated heterocycles. The van der Waals surface area contributed by atoms with E-state index in [1.807, 2.05) is 25.8 Å². The lowest BCUT2D eigenvalue weighted by Gasteiger charge is -2.34. The lowest BCUT2D eigenvalue weighted by Crippen LogP contribution is -2.37. The van der Waals surface area contributed by atoms with E-state index in [2.05, 4.69) is 9.97 Å². The quantitative estimate of drug-likeness (QED) is 0.840. The first-order chi connectivity index (χ1) is 8.45. The van der Waals surface area contributed by atoms with Crippen molar-refractivity contribution in [1.82, 2.24) is 9.97 Å². The van der Waals surface area contributed by atoms with Crippen molar-refractivity contribution in [2.75, 3.05) is 18.5 Å². The van der Waals surface area contributed by atoms with Crippen molar-refractivity contribution in [3.05, 3.63) is 22.2 Å². The number of anilines is 1. The first kappa shape index (κ1) is 13.1. The molecule has 1 heterocycles. The van der Waals surface area contributed by atoms with Crippen LogP contribution in [-0.2, 0) is 0 Å². The Morgan fingerprint density at radius 1 is 1.56 bits per heavy atom. The second kappa shape index (κ2) is 5.10. The summed E-state index contributed by atoms with van der Waals surface area (Å²) in [6.45, 7) is 4.85. The van der Waals surface area contributed by atoms with Gasteiger partial charge in [0.2, 0.25) is 0 Å². The van der Waals surface area contributed by atoms with Gasteiger partial charge in [-0.1, -0.05) is 13.8 Å². The molecule has 0 radical (unpaired) electrons. The maximum absolute atomic E-state index is 11.6. The van der Waals surface area contributed by atoms with Crippen LogP contribution >= 0.6 is 0 Å². The summed E-state index contributed by atoms with van der Waals surface area (Å²) >= 11 is 0. The maximum atomic E-state index is 11.6. The van der Waals surface area contributed by atoms with Gasteiger partial charge in [0.25, 0.3) is 5.56 Å². The van der Waals surface area contributed by atoms with Gasteiger partial charge in [0.15, 0.2) is 0 Å². The Hall–Kier alpha value is -1.36. The molecule has 1 aromatic rings. The third kappa shape index (κ3) is 2.90. The molecule has 1 fully saturated rings. The SMILES string of the molecule is CC(C)c1nc(N(C)CC2CC(O)C2)cc(=O)[nH]1. The van der Waals surface area contributed by atoms with Crippen LogP contribution in [0.4, 0.5) is 5.82 Å². The normalized spacial score (nSPS) is 22.9. The molecule has 0 spiro atoms. The van der Waals surface area contributed by atoms with E-state index < -0.39 is 0 Å². The van der Waals surface area contributed by atoms with E-state index in [1.165, 1.54) is 6.07 Å². The molecule has 0 amide bonds. The Labute approximate surface area is 107 Å². The minimum atomic E-state index is -0.137. The molecule has 1 aromatic heterocycles. The highest BCUT2D eigenvalue weighted by Crippen LogP contribution is 2.28. The van der Waals surface area contributed by atoms with Crippen LogP contribution in [0.15, 0.2) is 10.9 Å². The Morgan fingerprint density at radius 3 is 2.78 bits per heavy atom. The molecule has 0 atom stereocenters. The van der Waals surface area contributed by atoms with Crippen LogP contribution in [0.25, 0.3) is 0 Å². The lowest BCUT2D eigenvalue weighted by atomic mass is 9.82. The third-order valence-electron chi connectivity index (χ3n) is 3.43. The molecule has 5 nitrogen and oxygen atoms in total. The molecular weight excluding hydrogens is 230 g/mol. The van der Waals surface area contributed by atoms with Gasteiger partial charge in [-0.2, -0.15) is 0 Å². The van der Waals surface area contributed by atoms with Crippen LogP contribution in [0, 0.1) is 5.92 Å². The van der Waals surface area contributed by atoms with E-state index in [4.69, 9.17) is 0 Å². The number of aliphatic hydroxyl groups is 1. The molecular formula is C13H21N3O2. The largest absolute Gasteiger partial charge is 0.393 e. The second-order valence-corrected chi connectivity index (χ2v) is 5.52. The van der Waals surface area contributed by atoms with E-state index in [0.717, 1.165) is 25.2 Å². The van der Waals surface area contributed by atoms with Crippen LogP contribution in [0.1, 0.15) is 38.4 Å². The highest BCUT2D eigenvalue weighted by atomic mass is 16.3. The molecule has 0 aromatic carbocycles. The predicted octanol–water partition coefficient (Wildman–Crippen LogP) is 1.10. The molecule has 0 aliphatic heterocycles. The summed E-state index contributed by atoms with van der Waals surface area (Å²) < 4.78 is 0. The molecule has 5 heteroatoms. The molecule has 100 valence electrons. The van der Waals surface area contributed by atoms with Crippen LogP contribution in [0.2, 0.25) is 0 Å². The first-order valence-electron chi connectivity index (χ1n) is 6.46. The second-order valence-electron chi connectivity index (χ2n) is 5.52. The maximum Gasteiger partial charge on any atom is 0.252 e. The minimum Gasteiger partial charge on any atom is -0.393 e. The van der Waals surface area contributed by atoms with Gasteiger partial charge in [-0.15, -0.1) is 0 Å². The zero-order chi connectivity index (χ0) is 13.3. The smallest absolute Gasteiger partial charge is 0.252 e. The van der Waals surface area contributed by atoms with Crippen molar-refractivity contribution in [2.45, 2.75) is 38.7 Å². The number of aliphatic hydroxyl groups excluding tert-OH is 1. The molecule has 0 bridgehead atoms. The average Bonchev–Trinajstić information content (AvgIpc) is 2.26. The van der Waals surface area contributed by atoms with Gasteiger partial charge in [-0.05, 0) is 18.8 Å².